The molecule has 1 atom stereocenters. The zero-order valence-corrected chi connectivity index (χ0v) is 10.5. The second-order valence-electron chi connectivity index (χ2n) is 3.70. The second-order valence-corrected chi connectivity index (χ2v) is 5.26. The van der Waals surface area contributed by atoms with Crippen LogP contribution in [-0.2, 0) is 0 Å². The molecule has 2 heterocycles. The second kappa shape index (κ2) is 4.23. The van der Waals surface area contributed by atoms with Crippen molar-refractivity contribution in [1.29, 1.82) is 0 Å². The Morgan fingerprint density at radius 2 is 2.33 bits per heavy atom. The predicted molar refractivity (Wildman–Crippen MR) is 66.9 cm³/mol. The molecule has 0 saturated carbocycles. The molecule has 2 rings (SSSR count). The topological polar surface area (TPSA) is 20.5 Å². The molecule has 3 nitrogen and oxygen atoms in total. The Balaban J connectivity index is 2.38. The van der Waals surface area contributed by atoms with Gasteiger partial charge in [0.1, 0.15) is 11.5 Å². The van der Waals surface area contributed by atoms with Crippen LogP contribution in [0.25, 0.3) is 5.65 Å². The van der Waals surface area contributed by atoms with Crippen LogP contribution in [-0.4, -0.2) is 27.8 Å². The number of aromatic nitrogens is 2. The number of anilines is 1. The van der Waals surface area contributed by atoms with Gasteiger partial charge < -0.3 is 4.90 Å². The normalized spacial score (nSPS) is 13.0. The van der Waals surface area contributed by atoms with Crippen molar-refractivity contribution in [2.45, 2.75) is 11.8 Å². The van der Waals surface area contributed by atoms with Gasteiger partial charge in [0.15, 0.2) is 0 Å². The zero-order valence-electron chi connectivity index (χ0n) is 8.89. The monoisotopic (exact) mass is 267 g/mol. The lowest BCUT2D eigenvalue weighted by Crippen LogP contribution is -2.25. The molecule has 2 aromatic heterocycles. The van der Waals surface area contributed by atoms with Crippen molar-refractivity contribution in [3.05, 3.63) is 30.6 Å². The fourth-order valence-corrected chi connectivity index (χ4v) is 2.15. The Labute approximate surface area is 97.9 Å². The van der Waals surface area contributed by atoms with Crippen LogP contribution in [0.1, 0.15) is 6.92 Å². The van der Waals surface area contributed by atoms with Crippen molar-refractivity contribution in [3.8, 4) is 0 Å². The highest BCUT2D eigenvalue weighted by atomic mass is 79.9. The molecule has 0 bridgehead atoms. The number of pyridine rings is 1. The van der Waals surface area contributed by atoms with E-state index in [2.05, 4.69) is 50.3 Å². The van der Waals surface area contributed by atoms with Gasteiger partial charge >= 0.3 is 0 Å². The van der Waals surface area contributed by atoms with E-state index in [1.165, 1.54) is 0 Å². The maximum absolute atomic E-state index is 4.27. The van der Waals surface area contributed by atoms with Crippen LogP contribution in [0.2, 0.25) is 0 Å². The summed E-state index contributed by atoms with van der Waals surface area (Å²) < 4.78 is 2.09. The molecule has 4 heteroatoms. The molecule has 0 fully saturated rings. The molecule has 15 heavy (non-hydrogen) atoms. The SMILES string of the molecule is CC(Br)CN(C)c1cccc2nccn12. The van der Waals surface area contributed by atoms with Gasteiger partial charge in [-0.15, -0.1) is 0 Å². The lowest BCUT2D eigenvalue weighted by Gasteiger charge is -2.21. The number of alkyl halides is 1. The molecular weight excluding hydrogens is 254 g/mol. The van der Waals surface area contributed by atoms with Gasteiger partial charge in [-0.2, -0.15) is 0 Å². The van der Waals surface area contributed by atoms with Gasteiger partial charge in [0.2, 0.25) is 0 Å². The Morgan fingerprint density at radius 1 is 1.53 bits per heavy atom. The first-order valence-corrected chi connectivity index (χ1v) is 5.87. The van der Waals surface area contributed by atoms with Crippen molar-refractivity contribution in [1.82, 2.24) is 9.38 Å². The molecule has 2 aromatic rings. The third kappa shape index (κ3) is 2.15. The summed E-state index contributed by atoms with van der Waals surface area (Å²) in [5, 5.41) is 0. The van der Waals surface area contributed by atoms with Crippen molar-refractivity contribution < 1.29 is 0 Å². The Kier molecular flexibility index (Phi) is 2.95. The average molecular weight is 268 g/mol. The maximum Gasteiger partial charge on any atom is 0.138 e. The molecule has 0 N–H and O–H groups in total. The van der Waals surface area contributed by atoms with E-state index in [0.717, 1.165) is 18.0 Å². The fourth-order valence-electron chi connectivity index (χ4n) is 1.71. The van der Waals surface area contributed by atoms with E-state index in [1.54, 1.807) is 0 Å². The maximum atomic E-state index is 4.27. The van der Waals surface area contributed by atoms with E-state index in [1.807, 2.05) is 24.5 Å². The van der Waals surface area contributed by atoms with Gasteiger partial charge in [-0.3, -0.25) is 4.40 Å². The van der Waals surface area contributed by atoms with Crippen LogP contribution in [0.4, 0.5) is 5.82 Å². The van der Waals surface area contributed by atoms with E-state index >= 15 is 0 Å². The minimum absolute atomic E-state index is 0.473. The van der Waals surface area contributed by atoms with Gasteiger partial charge in [-0.25, -0.2) is 4.98 Å². The summed E-state index contributed by atoms with van der Waals surface area (Å²) in [6, 6.07) is 6.14. The summed E-state index contributed by atoms with van der Waals surface area (Å²) in [6.07, 6.45) is 3.81. The zero-order chi connectivity index (χ0) is 10.8. The molecule has 0 aromatic carbocycles. The quantitative estimate of drug-likeness (QED) is 0.797. The Bertz CT molecular complexity index is 450. The van der Waals surface area contributed by atoms with Gasteiger partial charge in [0.25, 0.3) is 0 Å². The molecule has 0 radical (unpaired) electrons. The highest BCUT2D eigenvalue weighted by Gasteiger charge is 2.07. The third-order valence-electron chi connectivity index (χ3n) is 2.32. The highest BCUT2D eigenvalue weighted by Crippen LogP contribution is 2.16. The summed E-state index contributed by atoms with van der Waals surface area (Å²) in [6.45, 7) is 3.11. The Morgan fingerprint density at radius 3 is 3.07 bits per heavy atom. The van der Waals surface area contributed by atoms with Gasteiger partial charge in [0.05, 0.1) is 0 Å². The van der Waals surface area contributed by atoms with Crippen LogP contribution in [0, 0.1) is 0 Å². The lowest BCUT2D eigenvalue weighted by molar-refractivity contribution is 0.851. The van der Waals surface area contributed by atoms with Gasteiger partial charge in [-0.05, 0) is 12.1 Å². The minimum Gasteiger partial charge on any atom is -0.360 e. The van der Waals surface area contributed by atoms with Crippen molar-refractivity contribution >= 4 is 27.4 Å². The first kappa shape index (κ1) is 10.5. The number of hydrogen-bond acceptors (Lipinski definition) is 2. The third-order valence-corrected chi connectivity index (χ3v) is 2.61. The van der Waals surface area contributed by atoms with E-state index in [9.17, 15) is 0 Å². The summed E-state index contributed by atoms with van der Waals surface area (Å²) in [5.41, 5.74) is 0.988. The first-order chi connectivity index (χ1) is 7.18. The molecular formula is C11H14BrN3. The van der Waals surface area contributed by atoms with E-state index in [-0.39, 0.29) is 0 Å². The van der Waals surface area contributed by atoms with E-state index < -0.39 is 0 Å². The number of hydrogen-bond donors (Lipinski definition) is 0. The molecule has 0 spiro atoms. The van der Waals surface area contributed by atoms with E-state index in [4.69, 9.17) is 0 Å². The molecule has 0 saturated heterocycles. The standard InChI is InChI=1S/C11H14BrN3/c1-9(12)8-14(2)11-5-3-4-10-13-6-7-15(10)11/h3-7,9H,8H2,1-2H3. The molecule has 80 valence electrons. The van der Waals surface area contributed by atoms with Gasteiger partial charge in [0, 0.05) is 30.8 Å². The Hall–Kier alpha value is -1.03. The summed E-state index contributed by atoms with van der Waals surface area (Å²) in [7, 11) is 2.09. The largest absolute Gasteiger partial charge is 0.360 e. The summed E-state index contributed by atoms with van der Waals surface area (Å²) >= 11 is 3.56. The molecule has 1 unspecified atom stereocenters. The minimum atomic E-state index is 0.473. The van der Waals surface area contributed by atoms with Crippen molar-refractivity contribution in [2.24, 2.45) is 0 Å². The number of halogens is 1. The number of imidazole rings is 1. The molecule has 0 amide bonds. The van der Waals surface area contributed by atoms with Crippen molar-refractivity contribution in [3.63, 3.8) is 0 Å². The average Bonchev–Trinajstić information content (AvgIpc) is 2.63. The van der Waals surface area contributed by atoms with Crippen LogP contribution >= 0.6 is 15.9 Å². The van der Waals surface area contributed by atoms with Crippen LogP contribution in [0.5, 0.6) is 0 Å². The molecule has 0 aliphatic heterocycles. The van der Waals surface area contributed by atoms with E-state index in [0.29, 0.717) is 4.83 Å². The number of fused-ring (bicyclic) bond motifs is 1. The fraction of sp³-hybridized carbons (Fsp3) is 0.364. The molecule has 0 aliphatic carbocycles. The smallest absolute Gasteiger partial charge is 0.138 e. The van der Waals surface area contributed by atoms with Crippen LogP contribution < -0.4 is 4.90 Å². The van der Waals surface area contributed by atoms with Crippen LogP contribution in [0.3, 0.4) is 0 Å². The predicted octanol–water partition coefficient (Wildman–Crippen LogP) is 2.55. The van der Waals surface area contributed by atoms with Gasteiger partial charge in [-0.1, -0.05) is 28.9 Å². The summed E-state index contributed by atoms with van der Waals surface area (Å²) in [5.74, 6) is 1.16. The number of rotatable bonds is 3. The van der Waals surface area contributed by atoms with Crippen LogP contribution in [0.15, 0.2) is 30.6 Å². The molecule has 0 aliphatic rings. The highest BCUT2D eigenvalue weighted by molar-refractivity contribution is 9.09. The first-order valence-electron chi connectivity index (χ1n) is 4.96. The lowest BCUT2D eigenvalue weighted by atomic mass is 10.4. The summed E-state index contributed by atoms with van der Waals surface area (Å²) in [4.78, 5) is 6.96. The van der Waals surface area contributed by atoms with Crippen molar-refractivity contribution in [2.75, 3.05) is 18.5 Å². The number of nitrogens with zero attached hydrogens (tertiary/aromatic N) is 3.